The molecular formula is C17H13Cl2N3OS. The van der Waals surface area contributed by atoms with Crippen molar-refractivity contribution >= 4 is 57.5 Å². The maximum atomic E-state index is 12.4. The number of para-hydroxylation sites is 1. The van der Waals surface area contributed by atoms with Gasteiger partial charge < -0.3 is 5.32 Å². The van der Waals surface area contributed by atoms with Gasteiger partial charge in [0.15, 0.2) is 0 Å². The fourth-order valence-electron chi connectivity index (χ4n) is 2.12. The summed E-state index contributed by atoms with van der Waals surface area (Å²) in [4.78, 5) is 20.9. The Labute approximate surface area is 153 Å². The average Bonchev–Trinajstić information content (AvgIpc) is 2.57. The number of carbonyl (C=O) groups is 1. The standard InChI is InChI=1S/C17H13Cl2N3OS/c1-10(16(23)22-15-7-6-11(18)8-13(15)19)24-17-12-4-2-3-5-14(12)20-9-21-17/h2-10H,1H3,(H,22,23). The predicted molar refractivity (Wildman–Crippen MR) is 99.9 cm³/mol. The van der Waals surface area contributed by atoms with E-state index in [0.717, 1.165) is 15.9 Å². The van der Waals surface area contributed by atoms with Crippen LogP contribution in [-0.2, 0) is 4.79 Å². The van der Waals surface area contributed by atoms with Gasteiger partial charge in [0, 0.05) is 10.4 Å². The number of hydrogen-bond donors (Lipinski definition) is 1. The quantitative estimate of drug-likeness (QED) is 0.510. The number of fused-ring (bicyclic) bond motifs is 1. The van der Waals surface area contributed by atoms with E-state index in [9.17, 15) is 4.79 Å². The molecule has 2 aromatic carbocycles. The third-order valence-corrected chi connectivity index (χ3v) is 5.02. The Hall–Kier alpha value is -1.82. The van der Waals surface area contributed by atoms with Crippen molar-refractivity contribution in [1.82, 2.24) is 9.97 Å². The largest absolute Gasteiger partial charge is 0.324 e. The van der Waals surface area contributed by atoms with E-state index >= 15 is 0 Å². The zero-order chi connectivity index (χ0) is 17.1. The summed E-state index contributed by atoms with van der Waals surface area (Å²) in [7, 11) is 0. The van der Waals surface area contributed by atoms with Gasteiger partial charge in [-0.1, -0.05) is 53.2 Å². The molecule has 0 saturated carbocycles. The van der Waals surface area contributed by atoms with Crippen LogP contribution in [0.4, 0.5) is 5.69 Å². The van der Waals surface area contributed by atoms with Crippen molar-refractivity contribution in [3.63, 3.8) is 0 Å². The number of aromatic nitrogens is 2. The normalized spacial score (nSPS) is 12.1. The summed E-state index contributed by atoms with van der Waals surface area (Å²) in [6.07, 6.45) is 1.51. The molecule has 0 aliphatic carbocycles. The van der Waals surface area contributed by atoms with Crippen molar-refractivity contribution < 1.29 is 4.79 Å². The van der Waals surface area contributed by atoms with Crippen molar-refractivity contribution in [3.8, 4) is 0 Å². The van der Waals surface area contributed by atoms with E-state index in [1.165, 1.54) is 18.1 Å². The molecule has 0 spiro atoms. The van der Waals surface area contributed by atoms with Crippen molar-refractivity contribution in [1.29, 1.82) is 0 Å². The van der Waals surface area contributed by atoms with Gasteiger partial charge in [0.05, 0.1) is 21.5 Å². The Kier molecular flexibility index (Phi) is 5.23. The molecule has 1 amide bonds. The second-order valence-electron chi connectivity index (χ2n) is 5.07. The fraction of sp³-hybridized carbons (Fsp3) is 0.118. The minimum atomic E-state index is -0.352. The monoisotopic (exact) mass is 377 g/mol. The van der Waals surface area contributed by atoms with Gasteiger partial charge in [-0.05, 0) is 31.2 Å². The first-order valence-corrected chi connectivity index (χ1v) is 8.80. The topological polar surface area (TPSA) is 54.9 Å². The second kappa shape index (κ2) is 7.38. The van der Waals surface area contributed by atoms with Crippen LogP contribution in [0.15, 0.2) is 53.8 Å². The second-order valence-corrected chi connectivity index (χ2v) is 7.24. The summed E-state index contributed by atoms with van der Waals surface area (Å²) < 4.78 is 0. The number of amides is 1. The Bertz CT molecular complexity index is 899. The summed E-state index contributed by atoms with van der Waals surface area (Å²) in [5.41, 5.74) is 1.38. The van der Waals surface area contributed by atoms with Crippen LogP contribution in [0.3, 0.4) is 0 Å². The SMILES string of the molecule is CC(Sc1ncnc2ccccc12)C(=O)Nc1ccc(Cl)cc1Cl. The van der Waals surface area contributed by atoms with Crippen molar-refractivity contribution in [2.45, 2.75) is 17.2 Å². The van der Waals surface area contributed by atoms with E-state index in [1.807, 2.05) is 31.2 Å². The van der Waals surface area contributed by atoms with Crippen LogP contribution < -0.4 is 5.32 Å². The number of nitrogens with one attached hydrogen (secondary N) is 1. The third kappa shape index (κ3) is 3.80. The van der Waals surface area contributed by atoms with Gasteiger partial charge in [0.2, 0.25) is 5.91 Å². The van der Waals surface area contributed by atoms with Crippen LogP contribution in [0.25, 0.3) is 10.9 Å². The van der Waals surface area contributed by atoms with Gasteiger partial charge in [0.1, 0.15) is 11.4 Å². The van der Waals surface area contributed by atoms with Gasteiger partial charge in [0.25, 0.3) is 0 Å². The molecule has 122 valence electrons. The molecule has 1 unspecified atom stereocenters. The van der Waals surface area contributed by atoms with Gasteiger partial charge in [-0.15, -0.1) is 0 Å². The van der Waals surface area contributed by atoms with E-state index in [0.29, 0.717) is 15.7 Å². The molecule has 4 nitrogen and oxygen atoms in total. The van der Waals surface area contributed by atoms with Crippen molar-refractivity contribution in [2.75, 3.05) is 5.32 Å². The van der Waals surface area contributed by atoms with E-state index in [1.54, 1.807) is 18.2 Å². The lowest BCUT2D eigenvalue weighted by atomic mass is 10.2. The van der Waals surface area contributed by atoms with Gasteiger partial charge in [-0.25, -0.2) is 9.97 Å². The smallest absolute Gasteiger partial charge is 0.237 e. The van der Waals surface area contributed by atoms with Crippen LogP contribution in [0, 0.1) is 0 Å². The molecule has 0 aliphatic heterocycles. The maximum Gasteiger partial charge on any atom is 0.237 e. The van der Waals surface area contributed by atoms with E-state index in [4.69, 9.17) is 23.2 Å². The van der Waals surface area contributed by atoms with E-state index in [-0.39, 0.29) is 11.2 Å². The Morgan fingerprint density at radius 1 is 1.17 bits per heavy atom. The molecule has 24 heavy (non-hydrogen) atoms. The molecule has 0 aliphatic rings. The number of benzene rings is 2. The highest BCUT2D eigenvalue weighted by Gasteiger charge is 2.18. The van der Waals surface area contributed by atoms with Crippen LogP contribution in [-0.4, -0.2) is 21.1 Å². The number of thioether (sulfide) groups is 1. The number of halogens is 2. The third-order valence-electron chi connectivity index (χ3n) is 3.35. The first-order chi connectivity index (χ1) is 11.5. The highest BCUT2D eigenvalue weighted by molar-refractivity contribution is 8.00. The van der Waals surface area contributed by atoms with Gasteiger partial charge in [-0.2, -0.15) is 0 Å². The molecule has 7 heteroatoms. The number of anilines is 1. The summed E-state index contributed by atoms with van der Waals surface area (Å²) in [6, 6.07) is 12.7. The van der Waals surface area contributed by atoms with Crippen LogP contribution in [0.1, 0.15) is 6.92 Å². The summed E-state index contributed by atoms with van der Waals surface area (Å²) in [5.74, 6) is -0.160. The molecule has 1 aromatic heterocycles. The fourth-order valence-corrected chi connectivity index (χ4v) is 3.48. The molecule has 1 N–H and O–H groups in total. The number of nitrogens with zero attached hydrogens (tertiary/aromatic N) is 2. The van der Waals surface area contributed by atoms with E-state index in [2.05, 4.69) is 15.3 Å². The first-order valence-electron chi connectivity index (χ1n) is 7.17. The number of carbonyl (C=O) groups excluding carboxylic acids is 1. The molecule has 0 bridgehead atoms. The highest BCUT2D eigenvalue weighted by Crippen LogP contribution is 2.30. The van der Waals surface area contributed by atoms with Crippen LogP contribution in [0.5, 0.6) is 0 Å². The number of rotatable bonds is 4. The minimum absolute atomic E-state index is 0.160. The summed E-state index contributed by atoms with van der Waals surface area (Å²) in [6.45, 7) is 1.82. The van der Waals surface area contributed by atoms with Crippen LogP contribution >= 0.6 is 35.0 Å². The predicted octanol–water partition coefficient (Wildman–Crippen LogP) is 5.06. The molecule has 1 heterocycles. The molecule has 0 fully saturated rings. The maximum absolute atomic E-state index is 12.4. The average molecular weight is 378 g/mol. The lowest BCUT2D eigenvalue weighted by Crippen LogP contribution is -2.22. The van der Waals surface area contributed by atoms with Crippen molar-refractivity contribution in [2.24, 2.45) is 0 Å². The number of hydrogen-bond acceptors (Lipinski definition) is 4. The van der Waals surface area contributed by atoms with E-state index < -0.39 is 0 Å². The minimum Gasteiger partial charge on any atom is -0.324 e. The Balaban J connectivity index is 1.76. The molecule has 1 atom stereocenters. The molecule has 0 radical (unpaired) electrons. The molecule has 3 rings (SSSR count). The molecule has 3 aromatic rings. The van der Waals surface area contributed by atoms with Gasteiger partial charge in [-0.3, -0.25) is 4.79 Å². The Morgan fingerprint density at radius 2 is 1.96 bits per heavy atom. The lowest BCUT2D eigenvalue weighted by molar-refractivity contribution is -0.115. The molecule has 0 saturated heterocycles. The Morgan fingerprint density at radius 3 is 2.75 bits per heavy atom. The zero-order valence-electron chi connectivity index (χ0n) is 12.7. The lowest BCUT2D eigenvalue weighted by Gasteiger charge is -2.13. The summed E-state index contributed by atoms with van der Waals surface area (Å²) in [5, 5.41) is 5.08. The molecular weight excluding hydrogens is 365 g/mol. The van der Waals surface area contributed by atoms with Gasteiger partial charge >= 0.3 is 0 Å². The van der Waals surface area contributed by atoms with Crippen LogP contribution in [0.2, 0.25) is 10.0 Å². The summed E-state index contributed by atoms with van der Waals surface area (Å²) >= 11 is 13.3. The highest BCUT2D eigenvalue weighted by atomic mass is 35.5. The first kappa shape index (κ1) is 17.0. The zero-order valence-corrected chi connectivity index (χ0v) is 15.0. The van der Waals surface area contributed by atoms with Crippen molar-refractivity contribution in [3.05, 3.63) is 58.8 Å².